The topological polar surface area (TPSA) is 59.6 Å². The lowest BCUT2D eigenvalue weighted by Gasteiger charge is -2.36. The average molecular weight is 269 g/mol. The van der Waals surface area contributed by atoms with Gasteiger partial charge >= 0.3 is 0 Å². The first kappa shape index (κ1) is 16.3. The number of aliphatic imine (C=N–C) groups is 1. The molecule has 3 N–H and O–H groups in total. The van der Waals surface area contributed by atoms with Gasteiger partial charge in [-0.15, -0.1) is 0 Å². The number of nitrogens with two attached hydrogens (primary N) is 1. The number of nitrogens with one attached hydrogen (secondary N) is 1. The van der Waals surface area contributed by atoms with Crippen LogP contribution >= 0.6 is 0 Å². The Kier molecular flexibility index (Phi) is 7.21. The van der Waals surface area contributed by atoms with E-state index in [-0.39, 0.29) is 5.60 Å². The van der Waals surface area contributed by atoms with Gasteiger partial charge in [0.05, 0.1) is 12.1 Å². The first-order chi connectivity index (χ1) is 9.08. The fourth-order valence-electron chi connectivity index (χ4n) is 2.46. The van der Waals surface area contributed by atoms with Crippen LogP contribution < -0.4 is 11.1 Å². The molecule has 112 valence electrons. The molecule has 0 radical (unpaired) electrons. The van der Waals surface area contributed by atoms with Crippen LogP contribution in [0.2, 0.25) is 0 Å². The molecule has 0 unspecified atom stereocenters. The van der Waals surface area contributed by atoms with Crippen LogP contribution in [0.3, 0.4) is 0 Å². The van der Waals surface area contributed by atoms with Crippen molar-refractivity contribution in [3.05, 3.63) is 0 Å². The molecule has 4 heteroatoms. The maximum atomic E-state index is 6.11. The summed E-state index contributed by atoms with van der Waals surface area (Å²) in [7, 11) is 0. The lowest BCUT2D eigenvalue weighted by molar-refractivity contribution is -0.0624. The highest BCUT2D eigenvalue weighted by Crippen LogP contribution is 2.32. The SMILES string of the molecule is CCCOC1(CN=C(N)NCC(C)C)CCCCC1. The minimum Gasteiger partial charge on any atom is -0.373 e. The minimum atomic E-state index is -0.0572. The molecule has 1 aliphatic rings. The van der Waals surface area contributed by atoms with E-state index < -0.39 is 0 Å². The summed E-state index contributed by atoms with van der Waals surface area (Å²) in [5.74, 6) is 1.13. The van der Waals surface area contributed by atoms with E-state index in [2.05, 4.69) is 31.1 Å². The largest absolute Gasteiger partial charge is 0.373 e. The monoisotopic (exact) mass is 269 g/mol. The van der Waals surface area contributed by atoms with Crippen LogP contribution in [-0.4, -0.2) is 31.3 Å². The summed E-state index contributed by atoms with van der Waals surface area (Å²) < 4.78 is 6.11. The molecule has 1 saturated carbocycles. The van der Waals surface area contributed by atoms with Gasteiger partial charge in [-0.3, -0.25) is 4.99 Å². The fourth-order valence-corrected chi connectivity index (χ4v) is 2.46. The van der Waals surface area contributed by atoms with Crippen molar-refractivity contribution in [1.82, 2.24) is 5.32 Å². The molecule has 1 rings (SSSR count). The van der Waals surface area contributed by atoms with Crippen molar-refractivity contribution in [1.29, 1.82) is 0 Å². The molecule has 0 amide bonds. The summed E-state index contributed by atoms with van der Waals surface area (Å²) in [6.45, 7) is 8.87. The van der Waals surface area contributed by atoms with E-state index in [1.165, 1.54) is 19.3 Å². The Labute approximate surface area is 118 Å². The van der Waals surface area contributed by atoms with E-state index >= 15 is 0 Å². The molecular formula is C15H31N3O. The van der Waals surface area contributed by atoms with Crippen LogP contribution in [0.25, 0.3) is 0 Å². The summed E-state index contributed by atoms with van der Waals surface area (Å²) >= 11 is 0. The van der Waals surface area contributed by atoms with Gasteiger partial charge in [-0.25, -0.2) is 0 Å². The van der Waals surface area contributed by atoms with Crippen molar-refractivity contribution in [3.8, 4) is 0 Å². The van der Waals surface area contributed by atoms with Crippen molar-refractivity contribution in [2.45, 2.75) is 64.9 Å². The second-order valence-electron chi connectivity index (χ2n) is 6.07. The lowest BCUT2D eigenvalue weighted by Crippen LogP contribution is -2.41. The third kappa shape index (κ3) is 6.28. The molecule has 0 aromatic rings. The van der Waals surface area contributed by atoms with Crippen molar-refractivity contribution in [3.63, 3.8) is 0 Å². The maximum Gasteiger partial charge on any atom is 0.188 e. The van der Waals surface area contributed by atoms with Crippen LogP contribution in [0.1, 0.15) is 59.3 Å². The maximum absolute atomic E-state index is 6.11. The van der Waals surface area contributed by atoms with Crippen LogP contribution in [-0.2, 0) is 4.74 Å². The van der Waals surface area contributed by atoms with Gasteiger partial charge in [-0.2, -0.15) is 0 Å². The van der Waals surface area contributed by atoms with Gasteiger partial charge in [-0.1, -0.05) is 40.0 Å². The molecule has 0 bridgehead atoms. The van der Waals surface area contributed by atoms with Crippen molar-refractivity contribution < 1.29 is 4.74 Å². The number of hydrogen-bond acceptors (Lipinski definition) is 2. The second kappa shape index (κ2) is 8.41. The van der Waals surface area contributed by atoms with Gasteiger partial charge in [0.25, 0.3) is 0 Å². The Morgan fingerprint density at radius 1 is 1.32 bits per heavy atom. The van der Waals surface area contributed by atoms with Crippen molar-refractivity contribution in [2.24, 2.45) is 16.6 Å². The van der Waals surface area contributed by atoms with E-state index in [1.54, 1.807) is 0 Å². The Bertz CT molecular complexity index is 271. The first-order valence-electron chi connectivity index (χ1n) is 7.76. The minimum absolute atomic E-state index is 0.0572. The van der Waals surface area contributed by atoms with Crippen LogP contribution in [0.15, 0.2) is 4.99 Å². The summed E-state index contributed by atoms with van der Waals surface area (Å²) in [5, 5.41) is 3.17. The Morgan fingerprint density at radius 2 is 2.00 bits per heavy atom. The molecule has 4 nitrogen and oxygen atoms in total. The summed E-state index contributed by atoms with van der Waals surface area (Å²) in [6.07, 6.45) is 7.12. The predicted molar refractivity (Wildman–Crippen MR) is 81.4 cm³/mol. The Morgan fingerprint density at radius 3 is 2.58 bits per heavy atom. The van der Waals surface area contributed by atoms with E-state index in [0.717, 1.165) is 32.4 Å². The Hall–Kier alpha value is -0.770. The first-order valence-corrected chi connectivity index (χ1v) is 7.76. The van der Waals surface area contributed by atoms with E-state index in [9.17, 15) is 0 Å². The van der Waals surface area contributed by atoms with Gasteiger partial charge in [-0.05, 0) is 25.2 Å². The quantitative estimate of drug-likeness (QED) is 0.552. The Balaban J connectivity index is 2.49. The zero-order chi connectivity index (χ0) is 14.1. The number of hydrogen-bond donors (Lipinski definition) is 2. The van der Waals surface area contributed by atoms with Crippen LogP contribution in [0, 0.1) is 5.92 Å². The molecule has 0 atom stereocenters. The number of guanidine groups is 1. The molecule has 1 aliphatic carbocycles. The molecule has 0 aliphatic heterocycles. The normalized spacial score (nSPS) is 19.7. The molecule has 0 aromatic carbocycles. The molecule has 19 heavy (non-hydrogen) atoms. The standard InChI is InChI=1S/C15H31N3O/c1-4-10-19-15(8-6-5-7-9-15)12-18-14(16)17-11-13(2)3/h13H,4-12H2,1-3H3,(H3,16,17,18). The van der Waals surface area contributed by atoms with E-state index in [0.29, 0.717) is 18.4 Å². The second-order valence-corrected chi connectivity index (χ2v) is 6.07. The molecule has 1 fully saturated rings. The zero-order valence-electron chi connectivity index (χ0n) is 12.9. The van der Waals surface area contributed by atoms with E-state index in [1.807, 2.05) is 0 Å². The highest BCUT2D eigenvalue weighted by molar-refractivity contribution is 5.77. The highest BCUT2D eigenvalue weighted by atomic mass is 16.5. The molecule has 0 saturated heterocycles. The third-order valence-corrected chi connectivity index (χ3v) is 3.61. The smallest absolute Gasteiger partial charge is 0.188 e. The number of ether oxygens (including phenoxy) is 1. The summed E-state index contributed by atoms with van der Waals surface area (Å²) in [6, 6.07) is 0. The zero-order valence-corrected chi connectivity index (χ0v) is 12.9. The summed E-state index contributed by atoms with van der Waals surface area (Å²) in [5.41, 5.74) is 5.85. The van der Waals surface area contributed by atoms with Crippen LogP contribution in [0.4, 0.5) is 0 Å². The van der Waals surface area contributed by atoms with Gasteiger partial charge in [0.1, 0.15) is 0 Å². The van der Waals surface area contributed by atoms with Crippen molar-refractivity contribution in [2.75, 3.05) is 19.7 Å². The number of rotatable bonds is 7. The predicted octanol–water partition coefficient (Wildman–Crippen LogP) is 2.68. The molecular weight excluding hydrogens is 238 g/mol. The average Bonchev–Trinajstić information content (AvgIpc) is 2.42. The lowest BCUT2D eigenvalue weighted by atomic mass is 9.84. The molecule has 0 heterocycles. The highest BCUT2D eigenvalue weighted by Gasteiger charge is 2.32. The van der Waals surface area contributed by atoms with Gasteiger partial charge in [0, 0.05) is 13.2 Å². The fraction of sp³-hybridized carbons (Fsp3) is 0.933. The molecule has 0 spiro atoms. The summed E-state index contributed by atoms with van der Waals surface area (Å²) in [4.78, 5) is 4.50. The van der Waals surface area contributed by atoms with Gasteiger partial charge < -0.3 is 15.8 Å². The van der Waals surface area contributed by atoms with E-state index in [4.69, 9.17) is 10.5 Å². The molecule has 0 aromatic heterocycles. The van der Waals surface area contributed by atoms with Crippen molar-refractivity contribution >= 4 is 5.96 Å². The van der Waals surface area contributed by atoms with Crippen LogP contribution in [0.5, 0.6) is 0 Å². The third-order valence-electron chi connectivity index (χ3n) is 3.61. The van der Waals surface area contributed by atoms with Gasteiger partial charge in [0.15, 0.2) is 5.96 Å². The number of nitrogens with zero attached hydrogens (tertiary/aromatic N) is 1. The van der Waals surface area contributed by atoms with Gasteiger partial charge in [0.2, 0.25) is 0 Å².